The number of hydrogen-bond acceptors (Lipinski definition) is 5. The van der Waals surface area contributed by atoms with Gasteiger partial charge in [-0.3, -0.25) is 0 Å². The van der Waals surface area contributed by atoms with Gasteiger partial charge in [0, 0.05) is 10.7 Å². The molecule has 7 nitrogen and oxygen atoms in total. The number of halogens is 1. The number of ether oxygens (including phenoxy) is 2. The van der Waals surface area contributed by atoms with Crippen LogP contribution in [0.1, 0.15) is 34.6 Å². The van der Waals surface area contributed by atoms with Crippen molar-refractivity contribution in [1.29, 1.82) is 0 Å². The van der Waals surface area contributed by atoms with Crippen molar-refractivity contribution < 1.29 is 9.47 Å². The van der Waals surface area contributed by atoms with E-state index >= 15 is 0 Å². The van der Waals surface area contributed by atoms with Crippen molar-refractivity contribution >= 4 is 28.1 Å². The highest BCUT2D eigenvalue weighted by molar-refractivity contribution is 9.10. The normalized spacial score (nSPS) is 15.8. The monoisotopic (exact) mass is 491 g/mol. The standard InChI is InChI=1S/C24H22BrN5O2/c1-16-14-29(15-26-16)20-9-3-17(13-21(20)31-2)4-10-22-27-24-23(32-12-11-30(24)28-22)18-5-7-19(25)8-6-18/h3-10,13-15,23H,11-12H2,1-2H3/b10-4+/t23-/m0/s1. The quantitative estimate of drug-likeness (QED) is 0.399. The van der Waals surface area contributed by atoms with Crippen molar-refractivity contribution in [3.63, 3.8) is 0 Å². The molecule has 1 atom stereocenters. The number of nitrogens with zero attached hydrogens (tertiary/aromatic N) is 5. The van der Waals surface area contributed by atoms with E-state index in [9.17, 15) is 0 Å². The van der Waals surface area contributed by atoms with Gasteiger partial charge >= 0.3 is 0 Å². The van der Waals surface area contributed by atoms with E-state index in [2.05, 4.69) is 26.0 Å². The molecule has 1 aliphatic heterocycles. The fraction of sp³-hybridized carbons (Fsp3) is 0.208. The Hall–Kier alpha value is -3.23. The molecule has 5 rings (SSSR count). The summed E-state index contributed by atoms with van der Waals surface area (Å²) in [6, 6.07) is 14.2. The minimum atomic E-state index is -0.218. The summed E-state index contributed by atoms with van der Waals surface area (Å²) in [6.07, 6.45) is 7.44. The molecule has 0 spiro atoms. The molecule has 0 N–H and O–H groups in total. The van der Waals surface area contributed by atoms with Crippen LogP contribution >= 0.6 is 15.9 Å². The third-order valence-corrected chi connectivity index (χ3v) is 5.86. The average molecular weight is 492 g/mol. The maximum absolute atomic E-state index is 6.01. The minimum Gasteiger partial charge on any atom is -0.495 e. The van der Waals surface area contributed by atoms with E-state index in [0.717, 1.165) is 38.6 Å². The fourth-order valence-corrected chi connectivity index (χ4v) is 4.02. The number of aromatic nitrogens is 5. The second-order valence-corrected chi connectivity index (χ2v) is 8.46. The molecule has 0 radical (unpaired) electrons. The first-order valence-electron chi connectivity index (χ1n) is 10.3. The van der Waals surface area contributed by atoms with Gasteiger partial charge < -0.3 is 14.0 Å². The van der Waals surface area contributed by atoms with E-state index in [4.69, 9.17) is 14.5 Å². The Morgan fingerprint density at radius 1 is 1.16 bits per heavy atom. The predicted molar refractivity (Wildman–Crippen MR) is 126 cm³/mol. The highest BCUT2D eigenvalue weighted by Crippen LogP contribution is 2.29. The second-order valence-electron chi connectivity index (χ2n) is 7.54. The number of rotatable bonds is 5. The highest BCUT2D eigenvalue weighted by atomic mass is 79.9. The van der Waals surface area contributed by atoms with Gasteiger partial charge in [-0.1, -0.05) is 40.2 Å². The lowest BCUT2D eigenvalue weighted by Crippen LogP contribution is -2.23. The van der Waals surface area contributed by atoms with Gasteiger partial charge in [0.2, 0.25) is 0 Å². The molecule has 0 unspecified atom stereocenters. The molecule has 2 aromatic carbocycles. The van der Waals surface area contributed by atoms with Crippen LogP contribution in [0.4, 0.5) is 0 Å². The zero-order valence-corrected chi connectivity index (χ0v) is 19.4. The van der Waals surface area contributed by atoms with Gasteiger partial charge in [0.1, 0.15) is 11.9 Å². The fourth-order valence-electron chi connectivity index (χ4n) is 3.75. The summed E-state index contributed by atoms with van der Waals surface area (Å²) in [4.78, 5) is 9.03. The molecule has 162 valence electrons. The van der Waals surface area contributed by atoms with Crippen molar-refractivity contribution in [3.05, 3.63) is 87.9 Å². The van der Waals surface area contributed by atoms with Gasteiger partial charge in [-0.2, -0.15) is 5.10 Å². The Labute approximate surface area is 194 Å². The third-order valence-electron chi connectivity index (χ3n) is 5.33. The van der Waals surface area contributed by atoms with Gasteiger partial charge in [-0.15, -0.1) is 0 Å². The van der Waals surface area contributed by atoms with Crippen LogP contribution in [0.5, 0.6) is 5.75 Å². The third kappa shape index (κ3) is 4.11. The molecule has 0 fully saturated rings. The van der Waals surface area contributed by atoms with Gasteiger partial charge in [-0.25, -0.2) is 14.6 Å². The summed E-state index contributed by atoms with van der Waals surface area (Å²) in [5.41, 5.74) is 3.95. The van der Waals surface area contributed by atoms with Crippen LogP contribution in [-0.2, 0) is 11.3 Å². The molecule has 1 aliphatic rings. The molecule has 4 aromatic rings. The first kappa shape index (κ1) is 20.7. The summed E-state index contributed by atoms with van der Waals surface area (Å²) in [5.74, 6) is 2.24. The van der Waals surface area contributed by atoms with E-state index in [1.54, 1.807) is 13.4 Å². The Balaban J connectivity index is 1.40. The SMILES string of the molecule is COc1cc(/C=C/c2nc3n(n2)CCO[C@H]3c2ccc(Br)cc2)ccc1-n1cnc(C)c1. The van der Waals surface area contributed by atoms with Crippen molar-refractivity contribution in [2.45, 2.75) is 19.6 Å². The van der Waals surface area contributed by atoms with Gasteiger partial charge in [0.25, 0.3) is 0 Å². The molecule has 0 amide bonds. The molecule has 0 aliphatic carbocycles. The van der Waals surface area contributed by atoms with Crippen molar-refractivity contribution in [1.82, 2.24) is 24.3 Å². The summed E-state index contributed by atoms with van der Waals surface area (Å²) in [6.45, 7) is 3.26. The molecule has 0 bridgehead atoms. The Kier molecular flexibility index (Phi) is 5.63. The minimum absolute atomic E-state index is 0.218. The topological polar surface area (TPSA) is 67.0 Å². The van der Waals surface area contributed by atoms with E-state index in [0.29, 0.717) is 19.0 Å². The van der Waals surface area contributed by atoms with Crippen LogP contribution in [0.25, 0.3) is 17.8 Å². The maximum atomic E-state index is 6.01. The number of fused-ring (bicyclic) bond motifs is 1. The molecule has 0 saturated heterocycles. The number of methoxy groups -OCH3 is 1. The number of imidazole rings is 1. The lowest BCUT2D eigenvalue weighted by atomic mass is 10.1. The van der Waals surface area contributed by atoms with E-state index < -0.39 is 0 Å². The van der Waals surface area contributed by atoms with E-state index in [1.165, 1.54) is 0 Å². The van der Waals surface area contributed by atoms with Crippen LogP contribution in [0.15, 0.2) is 59.5 Å². The average Bonchev–Trinajstić information content (AvgIpc) is 3.43. The number of benzene rings is 2. The van der Waals surface area contributed by atoms with Crippen LogP contribution in [0, 0.1) is 6.92 Å². The predicted octanol–water partition coefficient (Wildman–Crippen LogP) is 4.83. The number of hydrogen-bond donors (Lipinski definition) is 0. The molecule has 2 aromatic heterocycles. The van der Waals surface area contributed by atoms with E-state index in [-0.39, 0.29) is 6.10 Å². The Bertz CT molecular complexity index is 1280. The number of aryl methyl sites for hydroxylation is 1. The van der Waals surface area contributed by atoms with E-state index in [1.807, 2.05) is 77.0 Å². The smallest absolute Gasteiger partial charge is 0.174 e. The van der Waals surface area contributed by atoms with Gasteiger partial charge in [0.05, 0.1) is 38.0 Å². The lowest BCUT2D eigenvalue weighted by Gasteiger charge is -2.23. The molecular formula is C24H22BrN5O2. The highest BCUT2D eigenvalue weighted by Gasteiger charge is 2.26. The zero-order valence-electron chi connectivity index (χ0n) is 17.8. The summed E-state index contributed by atoms with van der Waals surface area (Å²) in [5, 5.41) is 4.66. The van der Waals surface area contributed by atoms with Crippen LogP contribution in [0.3, 0.4) is 0 Å². The summed E-state index contributed by atoms with van der Waals surface area (Å²) >= 11 is 3.48. The molecule has 0 saturated carbocycles. The first-order chi connectivity index (χ1) is 15.6. The first-order valence-corrected chi connectivity index (χ1v) is 11.1. The van der Waals surface area contributed by atoms with Crippen LogP contribution in [-0.4, -0.2) is 38.0 Å². The summed E-state index contributed by atoms with van der Waals surface area (Å²) < 4.78 is 16.5. The summed E-state index contributed by atoms with van der Waals surface area (Å²) in [7, 11) is 1.67. The van der Waals surface area contributed by atoms with Crippen molar-refractivity contribution in [3.8, 4) is 11.4 Å². The molecular weight excluding hydrogens is 470 g/mol. The molecule has 3 heterocycles. The largest absolute Gasteiger partial charge is 0.495 e. The molecule has 8 heteroatoms. The van der Waals surface area contributed by atoms with Crippen LogP contribution in [0.2, 0.25) is 0 Å². The van der Waals surface area contributed by atoms with Gasteiger partial charge in [0.15, 0.2) is 11.6 Å². The van der Waals surface area contributed by atoms with Crippen molar-refractivity contribution in [2.24, 2.45) is 0 Å². The zero-order chi connectivity index (χ0) is 22.1. The molecule has 32 heavy (non-hydrogen) atoms. The Morgan fingerprint density at radius 3 is 2.75 bits per heavy atom. The van der Waals surface area contributed by atoms with Crippen molar-refractivity contribution in [2.75, 3.05) is 13.7 Å². The second kappa shape index (κ2) is 8.72. The van der Waals surface area contributed by atoms with Gasteiger partial charge in [-0.05, 0) is 48.4 Å². The lowest BCUT2D eigenvalue weighted by molar-refractivity contribution is 0.0389. The van der Waals surface area contributed by atoms with Crippen LogP contribution < -0.4 is 4.74 Å². The maximum Gasteiger partial charge on any atom is 0.174 e. The Morgan fingerprint density at radius 2 is 2.00 bits per heavy atom.